The van der Waals surface area contributed by atoms with Crippen molar-refractivity contribution in [1.29, 1.82) is 0 Å². The molecule has 25 heavy (non-hydrogen) atoms. The van der Waals surface area contributed by atoms with Gasteiger partial charge in [0.15, 0.2) is 0 Å². The van der Waals surface area contributed by atoms with Crippen LogP contribution in [0.5, 0.6) is 0 Å². The van der Waals surface area contributed by atoms with Crippen LogP contribution in [0.4, 0.5) is 0 Å². The van der Waals surface area contributed by atoms with Crippen LogP contribution in [0.3, 0.4) is 0 Å². The summed E-state index contributed by atoms with van der Waals surface area (Å²) in [5.74, 6) is 0.124. The Kier molecular flexibility index (Phi) is 4.54. The average molecular weight is 344 g/mol. The number of nitrogens with zero attached hydrogens (tertiary/aromatic N) is 6. The molecule has 0 saturated carbocycles. The predicted octanol–water partition coefficient (Wildman–Crippen LogP) is 0.107. The molecule has 1 unspecified atom stereocenters. The fourth-order valence-corrected chi connectivity index (χ4v) is 3.66. The minimum atomic E-state index is -0.0871. The second kappa shape index (κ2) is 6.97. The lowest BCUT2D eigenvalue weighted by Gasteiger charge is -2.31. The molecule has 2 aliphatic heterocycles. The standard InChI is InChI=1S/C17H24N6O2/c1-20-9-14(8-19-20)10-21-11-15(12-23-16(13-21)2-3-18-23)17(24)22-4-6-25-7-5-22/h2-3,8-9,15H,4-7,10-13H2,1H3. The van der Waals surface area contributed by atoms with E-state index in [1.165, 1.54) is 0 Å². The summed E-state index contributed by atoms with van der Waals surface area (Å²) in [7, 11) is 1.92. The maximum absolute atomic E-state index is 13.0. The molecule has 134 valence electrons. The first-order valence-corrected chi connectivity index (χ1v) is 8.76. The molecule has 1 amide bonds. The lowest BCUT2D eigenvalue weighted by molar-refractivity contribution is -0.140. The highest BCUT2D eigenvalue weighted by Crippen LogP contribution is 2.20. The number of aromatic nitrogens is 4. The van der Waals surface area contributed by atoms with Gasteiger partial charge in [-0.05, 0) is 6.07 Å². The van der Waals surface area contributed by atoms with Crippen molar-refractivity contribution in [2.75, 3.05) is 32.8 Å². The molecule has 8 nitrogen and oxygen atoms in total. The van der Waals surface area contributed by atoms with Crippen molar-refractivity contribution in [3.05, 3.63) is 35.9 Å². The molecule has 2 aromatic rings. The van der Waals surface area contributed by atoms with E-state index in [0.29, 0.717) is 32.8 Å². The Hall–Kier alpha value is -2.19. The van der Waals surface area contributed by atoms with Crippen LogP contribution in [-0.2, 0) is 36.2 Å². The van der Waals surface area contributed by atoms with Crippen molar-refractivity contribution in [2.45, 2.75) is 19.6 Å². The number of aryl methyl sites for hydroxylation is 1. The first kappa shape index (κ1) is 16.3. The normalized spacial score (nSPS) is 21.8. The molecule has 1 saturated heterocycles. The number of hydrogen-bond acceptors (Lipinski definition) is 5. The van der Waals surface area contributed by atoms with E-state index in [0.717, 1.165) is 30.9 Å². The Balaban J connectivity index is 1.53. The third-order valence-corrected chi connectivity index (χ3v) is 4.90. The quantitative estimate of drug-likeness (QED) is 0.790. The minimum Gasteiger partial charge on any atom is -0.378 e. The molecule has 4 rings (SSSR count). The number of fused-ring (bicyclic) bond motifs is 1. The van der Waals surface area contributed by atoms with Crippen LogP contribution in [0.2, 0.25) is 0 Å². The van der Waals surface area contributed by atoms with Crippen LogP contribution in [0.15, 0.2) is 24.7 Å². The number of ether oxygens (including phenoxy) is 1. The van der Waals surface area contributed by atoms with Crippen LogP contribution < -0.4 is 0 Å². The molecule has 0 radical (unpaired) electrons. The summed E-state index contributed by atoms with van der Waals surface area (Å²) in [6.45, 7) is 5.58. The second-order valence-electron chi connectivity index (χ2n) is 6.83. The number of morpholine rings is 1. The van der Waals surface area contributed by atoms with Gasteiger partial charge in [0.05, 0.1) is 37.6 Å². The molecule has 0 N–H and O–H groups in total. The first-order valence-electron chi connectivity index (χ1n) is 8.76. The van der Waals surface area contributed by atoms with Crippen molar-refractivity contribution in [3.8, 4) is 0 Å². The molecule has 0 aliphatic carbocycles. The molecule has 1 atom stereocenters. The average Bonchev–Trinajstić information content (AvgIpc) is 3.19. The Bertz CT molecular complexity index is 733. The highest BCUT2D eigenvalue weighted by atomic mass is 16.5. The van der Waals surface area contributed by atoms with E-state index in [9.17, 15) is 4.79 Å². The van der Waals surface area contributed by atoms with Crippen molar-refractivity contribution < 1.29 is 9.53 Å². The lowest BCUT2D eigenvalue weighted by Crippen LogP contribution is -2.46. The van der Waals surface area contributed by atoms with Crippen molar-refractivity contribution in [2.24, 2.45) is 13.0 Å². The van der Waals surface area contributed by atoms with Gasteiger partial charge in [0.25, 0.3) is 0 Å². The highest BCUT2D eigenvalue weighted by molar-refractivity contribution is 5.79. The van der Waals surface area contributed by atoms with Crippen LogP contribution in [0.1, 0.15) is 11.3 Å². The van der Waals surface area contributed by atoms with Gasteiger partial charge in [0.2, 0.25) is 5.91 Å². The molecule has 1 fully saturated rings. The molecular formula is C17H24N6O2. The largest absolute Gasteiger partial charge is 0.378 e. The van der Waals surface area contributed by atoms with E-state index in [4.69, 9.17) is 4.74 Å². The zero-order valence-electron chi connectivity index (χ0n) is 14.5. The summed E-state index contributed by atoms with van der Waals surface area (Å²) >= 11 is 0. The Labute approximate surface area is 147 Å². The van der Waals surface area contributed by atoms with Gasteiger partial charge in [-0.3, -0.25) is 19.1 Å². The maximum Gasteiger partial charge on any atom is 0.229 e. The number of rotatable bonds is 3. The van der Waals surface area contributed by atoms with Gasteiger partial charge in [-0.25, -0.2) is 0 Å². The Morgan fingerprint density at radius 1 is 1.28 bits per heavy atom. The fraction of sp³-hybridized carbons (Fsp3) is 0.588. The fourth-order valence-electron chi connectivity index (χ4n) is 3.66. The van der Waals surface area contributed by atoms with Crippen LogP contribution in [-0.4, -0.2) is 68.1 Å². The van der Waals surface area contributed by atoms with E-state index in [1.54, 1.807) is 0 Å². The van der Waals surface area contributed by atoms with Gasteiger partial charge in [-0.1, -0.05) is 0 Å². The maximum atomic E-state index is 13.0. The molecule has 2 aliphatic rings. The number of carbonyl (C=O) groups excluding carboxylic acids is 1. The summed E-state index contributed by atoms with van der Waals surface area (Å²) in [4.78, 5) is 17.3. The first-order chi connectivity index (χ1) is 12.2. The van der Waals surface area contributed by atoms with Crippen LogP contribution in [0.25, 0.3) is 0 Å². The number of amides is 1. The monoisotopic (exact) mass is 344 g/mol. The van der Waals surface area contributed by atoms with Gasteiger partial charge in [-0.2, -0.15) is 10.2 Å². The molecule has 0 bridgehead atoms. The minimum absolute atomic E-state index is 0.0871. The molecule has 0 aromatic carbocycles. The number of hydrogen-bond donors (Lipinski definition) is 0. The van der Waals surface area contributed by atoms with E-state index in [1.807, 2.05) is 46.0 Å². The third-order valence-electron chi connectivity index (χ3n) is 4.90. The lowest BCUT2D eigenvalue weighted by atomic mass is 10.1. The molecular weight excluding hydrogens is 320 g/mol. The van der Waals surface area contributed by atoms with Gasteiger partial charge in [0.1, 0.15) is 0 Å². The molecule has 8 heteroatoms. The highest BCUT2D eigenvalue weighted by Gasteiger charge is 2.31. The van der Waals surface area contributed by atoms with Crippen LogP contribution >= 0.6 is 0 Å². The second-order valence-corrected chi connectivity index (χ2v) is 6.83. The molecule has 2 aromatic heterocycles. The summed E-state index contributed by atoms with van der Waals surface area (Å²) in [6, 6.07) is 2.04. The topological polar surface area (TPSA) is 68.4 Å². The van der Waals surface area contributed by atoms with E-state index in [-0.39, 0.29) is 11.8 Å². The molecule has 0 spiro atoms. The molecule has 4 heterocycles. The van der Waals surface area contributed by atoms with Crippen molar-refractivity contribution in [1.82, 2.24) is 29.4 Å². The third kappa shape index (κ3) is 3.59. The van der Waals surface area contributed by atoms with Crippen LogP contribution in [0, 0.1) is 5.92 Å². The predicted molar refractivity (Wildman–Crippen MR) is 90.4 cm³/mol. The van der Waals surface area contributed by atoms with Crippen molar-refractivity contribution in [3.63, 3.8) is 0 Å². The Morgan fingerprint density at radius 2 is 2.12 bits per heavy atom. The summed E-state index contributed by atoms with van der Waals surface area (Å²) in [5.41, 5.74) is 2.31. The van der Waals surface area contributed by atoms with Gasteiger partial charge in [0, 0.05) is 57.7 Å². The summed E-state index contributed by atoms with van der Waals surface area (Å²) < 4.78 is 9.17. The zero-order valence-corrected chi connectivity index (χ0v) is 14.5. The summed E-state index contributed by atoms with van der Waals surface area (Å²) in [6.07, 6.45) is 5.74. The van der Waals surface area contributed by atoms with E-state index >= 15 is 0 Å². The Morgan fingerprint density at radius 3 is 2.88 bits per heavy atom. The van der Waals surface area contributed by atoms with Gasteiger partial charge < -0.3 is 9.64 Å². The number of carbonyl (C=O) groups is 1. The summed E-state index contributed by atoms with van der Waals surface area (Å²) in [5, 5.41) is 8.67. The smallest absolute Gasteiger partial charge is 0.229 e. The van der Waals surface area contributed by atoms with Crippen molar-refractivity contribution >= 4 is 5.91 Å². The SMILES string of the molecule is Cn1cc(CN2Cc3ccnn3CC(C(=O)N3CCOCC3)C2)cn1. The van der Waals surface area contributed by atoms with Gasteiger partial charge >= 0.3 is 0 Å². The van der Waals surface area contributed by atoms with Gasteiger partial charge in [-0.15, -0.1) is 0 Å². The van der Waals surface area contributed by atoms with E-state index < -0.39 is 0 Å². The van der Waals surface area contributed by atoms with E-state index in [2.05, 4.69) is 15.1 Å². The zero-order chi connectivity index (χ0) is 17.2.